The lowest BCUT2D eigenvalue weighted by Crippen LogP contribution is -2.45. The number of methoxy groups -OCH3 is 1. The molecule has 0 spiro atoms. The van der Waals surface area contributed by atoms with Gasteiger partial charge in [-0.1, -0.05) is 72.8 Å². The number of piperidine rings is 1. The highest BCUT2D eigenvalue weighted by Gasteiger charge is 2.40. The summed E-state index contributed by atoms with van der Waals surface area (Å²) in [5.41, 5.74) is 5.95. The van der Waals surface area contributed by atoms with Crippen LogP contribution in [-0.4, -0.2) is 29.8 Å². The monoisotopic (exact) mass is 521 g/mol. The number of ether oxygens (including phenoxy) is 3. The first-order chi connectivity index (χ1) is 19.2. The van der Waals surface area contributed by atoms with Crippen LogP contribution in [-0.2, 0) is 19.6 Å². The van der Waals surface area contributed by atoms with E-state index in [1.165, 1.54) is 16.7 Å². The van der Waals surface area contributed by atoms with Gasteiger partial charge in [0.1, 0.15) is 19.0 Å². The van der Waals surface area contributed by atoms with E-state index in [4.69, 9.17) is 14.2 Å². The normalized spacial score (nSPS) is 20.5. The average molecular weight is 522 g/mol. The first-order valence-corrected chi connectivity index (χ1v) is 13.8. The smallest absolute Gasteiger partial charge is 0.162 e. The van der Waals surface area contributed by atoms with E-state index in [9.17, 15) is 5.11 Å². The van der Waals surface area contributed by atoms with Crippen molar-refractivity contribution in [1.29, 1.82) is 0 Å². The maximum atomic E-state index is 11.0. The Morgan fingerprint density at radius 3 is 1.95 bits per heavy atom. The molecule has 1 N–H and O–H groups in total. The number of nitrogens with zero attached hydrogens (tertiary/aromatic N) is 1. The van der Waals surface area contributed by atoms with E-state index in [2.05, 4.69) is 53.4 Å². The van der Waals surface area contributed by atoms with Crippen LogP contribution in [0.3, 0.4) is 0 Å². The Hall–Kier alpha value is -3.80. The molecule has 39 heavy (non-hydrogen) atoms. The zero-order valence-electron chi connectivity index (χ0n) is 22.3. The van der Waals surface area contributed by atoms with E-state index < -0.39 is 0 Å². The van der Waals surface area contributed by atoms with Gasteiger partial charge in [0.15, 0.2) is 11.5 Å². The molecule has 1 saturated heterocycles. The van der Waals surface area contributed by atoms with Gasteiger partial charge in [0, 0.05) is 18.6 Å². The number of hydrogen-bond acceptors (Lipinski definition) is 5. The molecule has 5 heteroatoms. The molecule has 0 aromatic heterocycles. The summed E-state index contributed by atoms with van der Waals surface area (Å²) >= 11 is 0. The summed E-state index contributed by atoms with van der Waals surface area (Å²) in [6.45, 7) is 1.88. The summed E-state index contributed by atoms with van der Waals surface area (Å²) in [6.07, 6.45) is 2.00. The van der Waals surface area contributed by atoms with E-state index in [0.717, 1.165) is 47.8 Å². The molecule has 0 aliphatic carbocycles. The minimum Gasteiger partial charge on any atom is -0.497 e. The number of aliphatic hydroxyl groups excluding tert-OH is 1. The Morgan fingerprint density at radius 2 is 1.33 bits per heavy atom. The van der Waals surface area contributed by atoms with Gasteiger partial charge in [0.25, 0.3) is 0 Å². The summed E-state index contributed by atoms with van der Waals surface area (Å²) < 4.78 is 18.1. The number of rotatable bonds is 8. The van der Waals surface area contributed by atoms with Gasteiger partial charge in [0.05, 0.1) is 13.2 Å². The molecule has 5 nitrogen and oxygen atoms in total. The topological polar surface area (TPSA) is 51.2 Å². The van der Waals surface area contributed by atoms with Gasteiger partial charge in [-0.3, -0.25) is 4.90 Å². The fraction of sp³-hybridized carbons (Fsp3) is 0.294. The first kappa shape index (κ1) is 25.5. The Labute approximate surface area is 230 Å². The van der Waals surface area contributed by atoms with Crippen molar-refractivity contribution >= 4 is 0 Å². The maximum Gasteiger partial charge on any atom is 0.162 e. The standard InChI is InChI=1S/C34H35NO4/c1-37-29-14-12-26(13-15-29)31-19-28(36)20-32-30-21-34(39-23-25-10-6-3-7-11-25)33(18-27(30)16-17-35(31)32)38-22-24-8-4-2-5-9-24/h2-15,18,21,28,31-32,36H,16-17,19-20,22-23H2,1H3/t28-,31-,32-/m0/s1. The van der Waals surface area contributed by atoms with Crippen molar-refractivity contribution in [2.24, 2.45) is 0 Å². The molecule has 2 heterocycles. The second kappa shape index (κ2) is 11.5. The van der Waals surface area contributed by atoms with Crippen molar-refractivity contribution in [2.75, 3.05) is 13.7 Å². The summed E-state index contributed by atoms with van der Waals surface area (Å²) in [5.74, 6) is 2.36. The highest BCUT2D eigenvalue weighted by Crippen LogP contribution is 2.47. The lowest BCUT2D eigenvalue weighted by atomic mass is 9.81. The third kappa shape index (κ3) is 5.65. The van der Waals surface area contributed by atoms with Crippen LogP contribution in [0, 0.1) is 0 Å². The van der Waals surface area contributed by atoms with Crippen molar-refractivity contribution in [3.05, 3.63) is 125 Å². The minimum atomic E-state index is -0.369. The number of hydrogen-bond donors (Lipinski definition) is 1. The molecule has 0 unspecified atom stereocenters. The Bertz CT molecular complexity index is 1370. The van der Waals surface area contributed by atoms with E-state index >= 15 is 0 Å². The molecule has 1 fully saturated rings. The molecular formula is C34H35NO4. The van der Waals surface area contributed by atoms with Crippen LogP contribution in [0.1, 0.15) is 52.7 Å². The van der Waals surface area contributed by atoms with Crippen LogP contribution in [0.15, 0.2) is 97.1 Å². The average Bonchev–Trinajstić information content (AvgIpc) is 2.99. The van der Waals surface area contributed by atoms with Gasteiger partial charge in [-0.15, -0.1) is 0 Å². The zero-order chi connectivity index (χ0) is 26.6. The largest absolute Gasteiger partial charge is 0.497 e. The minimum absolute atomic E-state index is 0.117. The van der Waals surface area contributed by atoms with E-state index in [-0.39, 0.29) is 18.2 Å². The molecule has 4 aromatic rings. The Kier molecular flexibility index (Phi) is 7.53. The van der Waals surface area contributed by atoms with E-state index in [0.29, 0.717) is 19.6 Å². The van der Waals surface area contributed by atoms with E-state index in [1.807, 2.05) is 48.5 Å². The van der Waals surface area contributed by atoms with Crippen LogP contribution < -0.4 is 14.2 Å². The van der Waals surface area contributed by atoms with Gasteiger partial charge in [-0.2, -0.15) is 0 Å². The molecule has 6 rings (SSSR count). The van der Waals surface area contributed by atoms with Gasteiger partial charge >= 0.3 is 0 Å². The zero-order valence-corrected chi connectivity index (χ0v) is 22.3. The van der Waals surface area contributed by atoms with Crippen molar-refractivity contribution < 1.29 is 19.3 Å². The van der Waals surface area contributed by atoms with Crippen molar-refractivity contribution in [3.8, 4) is 17.2 Å². The molecule has 4 aromatic carbocycles. The number of aliphatic hydroxyl groups is 1. The van der Waals surface area contributed by atoms with Gasteiger partial charge in [-0.25, -0.2) is 0 Å². The van der Waals surface area contributed by atoms with Crippen molar-refractivity contribution in [2.45, 2.75) is 50.7 Å². The molecular weight excluding hydrogens is 486 g/mol. The molecule has 2 aliphatic heterocycles. The third-order valence-electron chi connectivity index (χ3n) is 7.97. The predicted octanol–water partition coefficient (Wildman–Crippen LogP) is 6.65. The summed E-state index contributed by atoms with van der Waals surface area (Å²) in [5, 5.41) is 11.0. The molecule has 0 amide bonds. The Balaban J connectivity index is 1.31. The molecule has 0 radical (unpaired) electrons. The summed E-state index contributed by atoms with van der Waals surface area (Å²) in [7, 11) is 1.69. The number of benzene rings is 4. The SMILES string of the molecule is COc1ccc([C@@H]2C[C@H](O)C[C@H]3c4cc(OCc5ccccc5)c(OCc5ccccc5)cc4CCN23)cc1. The van der Waals surface area contributed by atoms with Gasteiger partial charge in [-0.05, 0) is 71.3 Å². The fourth-order valence-corrected chi connectivity index (χ4v) is 5.96. The number of fused-ring (bicyclic) bond motifs is 3. The van der Waals surface area contributed by atoms with E-state index in [1.54, 1.807) is 7.11 Å². The van der Waals surface area contributed by atoms with Gasteiger partial charge in [0.2, 0.25) is 0 Å². The predicted molar refractivity (Wildman–Crippen MR) is 152 cm³/mol. The second-order valence-corrected chi connectivity index (χ2v) is 10.5. The summed E-state index contributed by atoms with van der Waals surface area (Å²) in [4.78, 5) is 2.56. The Morgan fingerprint density at radius 1 is 0.744 bits per heavy atom. The fourth-order valence-electron chi connectivity index (χ4n) is 5.96. The molecule has 200 valence electrons. The van der Waals surface area contributed by atoms with Crippen LogP contribution in [0.5, 0.6) is 17.2 Å². The highest BCUT2D eigenvalue weighted by molar-refractivity contribution is 5.50. The van der Waals surface area contributed by atoms with Crippen LogP contribution in [0.25, 0.3) is 0 Å². The van der Waals surface area contributed by atoms with Crippen LogP contribution >= 0.6 is 0 Å². The molecule has 0 saturated carbocycles. The lowest BCUT2D eigenvalue weighted by molar-refractivity contribution is -0.00691. The maximum absolute atomic E-state index is 11.0. The van der Waals surface area contributed by atoms with Crippen molar-refractivity contribution in [1.82, 2.24) is 4.90 Å². The first-order valence-electron chi connectivity index (χ1n) is 13.8. The van der Waals surface area contributed by atoms with Crippen LogP contribution in [0.2, 0.25) is 0 Å². The van der Waals surface area contributed by atoms with Gasteiger partial charge < -0.3 is 19.3 Å². The molecule has 2 aliphatic rings. The third-order valence-corrected chi connectivity index (χ3v) is 7.97. The lowest BCUT2D eigenvalue weighted by Gasteiger charge is -2.47. The van der Waals surface area contributed by atoms with Crippen LogP contribution in [0.4, 0.5) is 0 Å². The summed E-state index contributed by atoms with van der Waals surface area (Å²) in [6, 6.07) is 33.3. The quantitative estimate of drug-likeness (QED) is 0.281. The molecule has 0 bridgehead atoms. The van der Waals surface area contributed by atoms with Crippen molar-refractivity contribution in [3.63, 3.8) is 0 Å². The molecule has 3 atom stereocenters. The second-order valence-electron chi connectivity index (χ2n) is 10.5. The highest BCUT2D eigenvalue weighted by atomic mass is 16.5.